The molecule has 0 aliphatic carbocycles. The molecule has 0 radical (unpaired) electrons. The first-order valence-electron chi connectivity index (χ1n) is 8.85. The van der Waals surface area contributed by atoms with Crippen LogP contribution in [0.1, 0.15) is 12.8 Å². The van der Waals surface area contributed by atoms with E-state index >= 15 is 0 Å². The maximum Gasteiger partial charge on any atom is 0.490 e. The standard InChI is InChI=1S/C15H19ClN4O2S.C2HF3O2/c16-15-12(4-8-23-15)22-10-14(21)19-13-3-7-18-20(13)9-11-1-5-17-6-2-11;3-2(4,5)1(6)7/h3-4,7-8,11,17H,1-2,5-6,9-10H2,(H,19,21);(H,6,7). The molecule has 1 amide bonds. The van der Waals surface area contributed by atoms with Gasteiger partial charge in [-0.1, -0.05) is 11.6 Å². The van der Waals surface area contributed by atoms with Crippen LogP contribution in [-0.2, 0) is 16.1 Å². The number of carboxylic acids is 1. The van der Waals surface area contributed by atoms with E-state index < -0.39 is 12.1 Å². The van der Waals surface area contributed by atoms with Crippen molar-refractivity contribution in [2.24, 2.45) is 5.92 Å². The molecule has 1 saturated heterocycles. The molecule has 0 atom stereocenters. The maximum absolute atomic E-state index is 12.0. The summed E-state index contributed by atoms with van der Waals surface area (Å²) < 4.78 is 39.5. The van der Waals surface area contributed by atoms with Crippen molar-refractivity contribution in [1.29, 1.82) is 0 Å². The van der Waals surface area contributed by atoms with Crippen LogP contribution in [0.3, 0.4) is 0 Å². The average Bonchev–Trinajstić information content (AvgIpc) is 3.29. The first-order chi connectivity index (χ1) is 14.2. The van der Waals surface area contributed by atoms with Gasteiger partial charge in [0.25, 0.3) is 5.91 Å². The number of piperidine rings is 1. The highest BCUT2D eigenvalue weighted by atomic mass is 35.5. The van der Waals surface area contributed by atoms with E-state index in [-0.39, 0.29) is 12.5 Å². The summed E-state index contributed by atoms with van der Waals surface area (Å²) in [5.74, 6) is -1.15. The Hall–Kier alpha value is -2.31. The average molecular weight is 469 g/mol. The number of hydrogen-bond donors (Lipinski definition) is 3. The number of alkyl halides is 3. The summed E-state index contributed by atoms with van der Waals surface area (Å²) in [5.41, 5.74) is 0. The first kappa shape index (κ1) is 24.0. The molecule has 2 aromatic rings. The molecule has 0 saturated carbocycles. The lowest BCUT2D eigenvalue weighted by molar-refractivity contribution is -0.192. The summed E-state index contributed by atoms with van der Waals surface area (Å²) in [4.78, 5) is 20.9. The summed E-state index contributed by atoms with van der Waals surface area (Å²) >= 11 is 7.32. The molecular weight excluding hydrogens is 449 g/mol. The fourth-order valence-electron chi connectivity index (χ4n) is 2.60. The quantitative estimate of drug-likeness (QED) is 0.601. The Labute approximate surface area is 179 Å². The summed E-state index contributed by atoms with van der Waals surface area (Å²) in [6, 6.07) is 3.55. The Bertz CT molecular complexity index is 837. The molecule has 8 nitrogen and oxygen atoms in total. The number of hydrogen-bond acceptors (Lipinski definition) is 6. The number of anilines is 1. The number of carbonyl (C=O) groups is 2. The molecule has 0 aromatic carbocycles. The van der Waals surface area contributed by atoms with Crippen molar-refractivity contribution < 1.29 is 32.6 Å². The van der Waals surface area contributed by atoms with Crippen LogP contribution in [-0.4, -0.2) is 52.6 Å². The van der Waals surface area contributed by atoms with E-state index in [4.69, 9.17) is 26.2 Å². The largest absolute Gasteiger partial charge is 0.490 e. The lowest BCUT2D eigenvalue weighted by atomic mass is 9.98. The third kappa shape index (κ3) is 7.84. The smallest absolute Gasteiger partial charge is 0.481 e. The number of aromatic nitrogens is 2. The first-order valence-corrected chi connectivity index (χ1v) is 10.1. The number of carboxylic acid groups (broad SMARTS) is 1. The molecule has 30 heavy (non-hydrogen) atoms. The van der Waals surface area contributed by atoms with Crippen molar-refractivity contribution in [2.75, 3.05) is 25.0 Å². The van der Waals surface area contributed by atoms with Gasteiger partial charge < -0.3 is 20.5 Å². The molecule has 0 spiro atoms. The van der Waals surface area contributed by atoms with Crippen LogP contribution in [0.5, 0.6) is 5.75 Å². The van der Waals surface area contributed by atoms with Crippen molar-refractivity contribution in [3.8, 4) is 5.75 Å². The molecule has 0 bridgehead atoms. The zero-order valence-electron chi connectivity index (χ0n) is 15.6. The zero-order valence-corrected chi connectivity index (χ0v) is 17.2. The number of carbonyl (C=O) groups excluding carboxylic acids is 1. The van der Waals surface area contributed by atoms with Crippen molar-refractivity contribution in [3.05, 3.63) is 28.0 Å². The number of ether oxygens (including phenoxy) is 1. The normalized spacial score (nSPS) is 14.5. The van der Waals surface area contributed by atoms with Crippen LogP contribution in [0.25, 0.3) is 0 Å². The van der Waals surface area contributed by atoms with Crippen molar-refractivity contribution in [2.45, 2.75) is 25.6 Å². The Kier molecular flexibility index (Phi) is 8.93. The third-order valence-electron chi connectivity index (χ3n) is 4.06. The van der Waals surface area contributed by atoms with Gasteiger partial charge in [-0.2, -0.15) is 18.3 Å². The second-order valence-corrected chi connectivity index (χ2v) is 7.81. The second kappa shape index (κ2) is 11.2. The van der Waals surface area contributed by atoms with Gasteiger partial charge >= 0.3 is 12.1 Å². The lowest BCUT2D eigenvalue weighted by Crippen LogP contribution is -2.30. The van der Waals surface area contributed by atoms with Crippen LogP contribution in [0, 0.1) is 5.92 Å². The number of nitrogens with one attached hydrogen (secondary N) is 2. The fraction of sp³-hybridized carbons (Fsp3) is 0.471. The van der Waals surface area contributed by atoms with E-state index in [2.05, 4.69) is 15.7 Å². The van der Waals surface area contributed by atoms with Gasteiger partial charge in [0, 0.05) is 12.6 Å². The molecule has 3 heterocycles. The summed E-state index contributed by atoms with van der Waals surface area (Å²) in [5, 5.41) is 19.4. The molecule has 3 N–H and O–H groups in total. The van der Waals surface area contributed by atoms with Crippen molar-refractivity contribution >= 4 is 40.6 Å². The Morgan fingerprint density at radius 3 is 2.60 bits per heavy atom. The molecule has 166 valence electrons. The zero-order chi connectivity index (χ0) is 22.1. The molecule has 1 fully saturated rings. The van der Waals surface area contributed by atoms with Gasteiger partial charge in [-0.05, 0) is 43.3 Å². The fourth-order valence-corrected chi connectivity index (χ4v) is 3.43. The number of amides is 1. The van der Waals surface area contributed by atoms with Gasteiger partial charge in [0.15, 0.2) is 6.61 Å². The second-order valence-electron chi connectivity index (χ2n) is 6.29. The SMILES string of the molecule is O=C(COc1ccsc1Cl)Nc1ccnn1CC1CCNCC1.O=C(O)C(F)(F)F. The van der Waals surface area contributed by atoms with Gasteiger partial charge in [0.05, 0.1) is 6.20 Å². The number of aliphatic carboxylic acids is 1. The molecule has 3 rings (SSSR count). The highest BCUT2D eigenvalue weighted by Gasteiger charge is 2.38. The number of halogens is 4. The van der Waals surface area contributed by atoms with Crippen LogP contribution in [0.15, 0.2) is 23.7 Å². The predicted molar refractivity (Wildman–Crippen MR) is 105 cm³/mol. The van der Waals surface area contributed by atoms with E-state index in [0.717, 1.165) is 32.5 Å². The number of rotatable bonds is 6. The molecule has 1 aliphatic rings. The maximum atomic E-state index is 12.0. The van der Waals surface area contributed by atoms with Crippen molar-refractivity contribution in [1.82, 2.24) is 15.1 Å². The number of nitrogens with zero attached hydrogens (tertiary/aromatic N) is 2. The van der Waals surface area contributed by atoms with Crippen LogP contribution in [0.2, 0.25) is 4.34 Å². The summed E-state index contributed by atoms with van der Waals surface area (Å²) in [6.45, 7) is 2.84. The van der Waals surface area contributed by atoms with Crippen LogP contribution >= 0.6 is 22.9 Å². The van der Waals surface area contributed by atoms with E-state index in [0.29, 0.717) is 21.8 Å². The molecule has 2 aromatic heterocycles. The Balaban J connectivity index is 0.000000396. The summed E-state index contributed by atoms with van der Waals surface area (Å²) in [6.07, 6.45) is -1.12. The van der Waals surface area contributed by atoms with Gasteiger partial charge in [-0.25, -0.2) is 9.48 Å². The van der Waals surface area contributed by atoms with Gasteiger partial charge in [-0.15, -0.1) is 11.3 Å². The highest BCUT2D eigenvalue weighted by molar-refractivity contribution is 7.14. The minimum absolute atomic E-state index is 0.0744. The van der Waals surface area contributed by atoms with Crippen LogP contribution < -0.4 is 15.4 Å². The topological polar surface area (TPSA) is 105 Å². The molecular formula is C17H20ClF3N4O4S. The molecule has 1 aliphatic heterocycles. The summed E-state index contributed by atoms with van der Waals surface area (Å²) in [7, 11) is 0. The third-order valence-corrected chi connectivity index (χ3v) is 5.19. The monoisotopic (exact) mass is 468 g/mol. The van der Waals surface area contributed by atoms with Gasteiger partial charge in [0.2, 0.25) is 0 Å². The minimum atomic E-state index is -5.08. The predicted octanol–water partition coefficient (Wildman–Crippen LogP) is 3.25. The van der Waals surface area contributed by atoms with E-state index in [1.807, 2.05) is 10.1 Å². The van der Waals surface area contributed by atoms with E-state index in [1.54, 1.807) is 18.3 Å². The lowest BCUT2D eigenvalue weighted by Gasteiger charge is -2.23. The molecule has 0 unspecified atom stereocenters. The van der Waals surface area contributed by atoms with Crippen LogP contribution in [0.4, 0.5) is 19.0 Å². The van der Waals surface area contributed by atoms with Gasteiger partial charge in [0.1, 0.15) is 15.9 Å². The highest BCUT2D eigenvalue weighted by Crippen LogP contribution is 2.29. The number of thiophene rings is 1. The van der Waals surface area contributed by atoms with E-state index in [1.165, 1.54) is 11.3 Å². The van der Waals surface area contributed by atoms with E-state index in [9.17, 15) is 18.0 Å². The minimum Gasteiger partial charge on any atom is -0.481 e. The van der Waals surface area contributed by atoms with Crippen molar-refractivity contribution in [3.63, 3.8) is 0 Å². The Morgan fingerprint density at radius 2 is 2.03 bits per heavy atom. The molecule has 13 heteroatoms. The van der Waals surface area contributed by atoms with Gasteiger partial charge in [-0.3, -0.25) is 4.79 Å². The Morgan fingerprint density at radius 1 is 1.37 bits per heavy atom.